The fourth-order valence-corrected chi connectivity index (χ4v) is 4.53. The predicted octanol–water partition coefficient (Wildman–Crippen LogP) is 2.23. The number of hydrogen-bond acceptors (Lipinski definition) is 12. The van der Waals surface area contributed by atoms with Gasteiger partial charge in [0.2, 0.25) is 18.3 Å². The Morgan fingerprint density at radius 3 is 2.03 bits per heavy atom. The van der Waals surface area contributed by atoms with Gasteiger partial charge >= 0.3 is 23.9 Å². The Balaban J connectivity index is 2.14. The molecule has 0 spiro atoms. The Kier molecular flexibility index (Phi) is 8.99. The summed E-state index contributed by atoms with van der Waals surface area (Å²) in [6, 6.07) is 2.88. The van der Waals surface area contributed by atoms with E-state index in [4.69, 9.17) is 28.4 Å². The maximum absolute atomic E-state index is 12.3. The van der Waals surface area contributed by atoms with E-state index in [9.17, 15) is 29.1 Å². The zero-order chi connectivity index (χ0) is 28.3. The highest BCUT2D eigenvalue weighted by molar-refractivity contribution is 9.10. The number of ether oxygens (including phenoxy) is 6. The molecular weight excluding hydrogens is 574 g/mol. The highest BCUT2D eigenvalue weighted by atomic mass is 79.9. The second kappa shape index (κ2) is 11.8. The summed E-state index contributed by atoms with van der Waals surface area (Å²) >= 11 is 3.28. The summed E-state index contributed by atoms with van der Waals surface area (Å²) in [5.74, 6) is -3.52. The lowest BCUT2D eigenvalue weighted by Gasteiger charge is -2.43. The summed E-state index contributed by atoms with van der Waals surface area (Å²) in [4.78, 5) is 59.7. The lowest BCUT2D eigenvalue weighted by atomic mass is 9.98. The van der Waals surface area contributed by atoms with Crippen LogP contribution in [0, 0.1) is 0 Å². The van der Waals surface area contributed by atoms with E-state index in [2.05, 4.69) is 15.9 Å². The number of esters is 4. The zero-order valence-corrected chi connectivity index (χ0v) is 22.7. The zero-order valence-electron chi connectivity index (χ0n) is 21.1. The Morgan fingerprint density at radius 1 is 0.895 bits per heavy atom. The third-order valence-electron chi connectivity index (χ3n) is 5.38. The molecule has 1 fully saturated rings. The molecule has 206 valence electrons. The summed E-state index contributed by atoms with van der Waals surface area (Å²) < 4.78 is 34.7. The van der Waals surface area contributed by atoms with Crippen LogP contribution in [-0.2, 0) is 42.9 Å². The molecule has 5 atom stereocenters. The maximum Gasteiger partial charge on any atom is 0.303 e. The molecule has 1 aromatic heterocycles. The lowest BCUT2D eigenvalue weighted by Crippen LogP contribution is -2.63. The standard InChI is InChI=1S/C24H26BrNO12/c1-10(27)26-8-17(19-15(26)6-7-16(32)20(19)25)37-24-23(36-14(5)31)22(35-13(4)30)21(34-12(3)29)18(38-24)9-33-11(2)28/h6-8,18,21-24,32H,9H2,1-5H3/t18-,21-,22+,23-,24-/m1/s1. The second-order valence-electron chi connectivity index (χ2n) is 8.36. The van der Waals surface area contributed by atoms with Gasteiger partial charge in [-0.05, 0) is 28.1 Å². The molecule has 2 aromatic rings. The van der Waals surface area contributed by atoms with Crippen LogP contribution in [0.15, 0.2) is 22.8 Å². The highest BCUT2D eigenvalue weighted by Crippen LogP contribution is 2.41. The van der Waals surface area contributed by atoms with Crippen molar-refractivity contribution in [3.05, 3.63) is 22.8 Å². The average molecular weight is 600 g/mol. The number of rotatable bonds is 7. The molecule has 1 saturated heterocycles. The van der Waals surface area contributed by atoms with E-state index in [0.717, 1.165) is 27.7 Å². The number of carbonyl (C=O) groups is 5. The smallest absolute Gasteiger partial charge is 0.303 e. The normalized spacial score (nSPS) is 22.8. The van der Waals surface area contributed by atoms with Crippen molar-refractivity contribution in [1.82, 2.24) is 4.57 Å². The number of aromatic hydroxyl groups is 1. The van der Waals surface area contributed by atoms with E-state index in [1.54, 1.807) is 0 Å². The van der Waals surface area contributed by atoms with Crippen LogP contribution >= 0.6 is 15.9 Å². The molecule has 1 aliphatic heterocycles. The quantitative estimate of drug-likeness (QED) is 0.364. The van der Waals surface area contributed by atoms with Gasteiger partial charge in [-0.15, -0.1) is 0 Å². The Bertz CT molecular complexity index is 1270. The van der Waals surface area contributed by atoms with E-state index in [1.165, 1.54) is 29.8 Å². The molecule has 0 amide bonds. The van der Waals surface area contributed by atoms with Crippen LogP contribution in [0.1, 0.15) is 39.4 Å². The molecule has 2 heterocycles. The molecule has 3 rings (SSSR count). The van der Waals surface area contributed by atoms with Gasteiger partial charge in [0.15, 0.2) is 12.2 Å². The third kappa shape index (κ3) is 6.42. The van der Waals surface area contributed by atoms with Gasteiger partial charge in [-0.25, -0.2) is 0 Å². The molecule has 0 unspecified atom stereocenters. The number of carbonyl (C=O) groups excluding carboxylic acids is 5. The first-order valence-corrected chi connectivity index (χ1v) is 12.1. The van der Waals surface area contributed by atoms with Crippen LogP contribution in [0.4, 0.5) is 0 Å². The summed E-state index contributed by atoms with van der Waals surface area (Å²) in [7, 11) is 0. The number of benzene rings is 1. The largest absolute Gasteiger partial charge is 0.507 e. The Hall–Kier alpha value is -3.65. The van der Waals surface area contributed by atoms with Crippen LogP contribution in [0.3, 0.4) is 0 Å². The van der Waals surface area contributed by atoms with Crippen molar-refractivity contribution in [2.75, 3.05) is 6.61 Å². The minimum Gasteiger partial charge on any atom is -0.507 e. The van der Waals surface area contributed by atoms with Crippen molar-refractivity contribution in [2.24, 2.45) is 0 Å². The molecule has 0 bridgehead atoms. The summed E-state index contributed by atoms with van der Waals surface area (Å²) in [6.07, 6.45) is -5.66. The summed E-state index contributed by atoms with van der Waals surface area (Å²) in [5, 5.41) is 10.5. The van der Waals surface area contributed by atoms with Crippen LogP contribution in [0.2, 0.25) is 0 Å². The van der Waals surface area contributed by atoms with Gasteiger partial charge in [-0.3, -0.25) is 28.5 Å². The molecular formula is C24H26BrNO12. The first kappa shape index (κ1) is 28.9. The van der Waals surface area contributed by atoms with Gasteiger partial charge in [0, 0.05) is 34.6 Å². The monoisotopic (exact) mass is 599 g/mol. The van der Waals surface area contributed by atoms with E-state index in [-0.39, 0.29) is 27.3 Å². The minimum absolute atomic E-state index is 0.0267. The fourth-order valence-electron chi connectivity index (χ4n) is 4.00. The van der Waals surface area contributed by atoms with Crippen molar-refractivity contribution < 1.29 is 57.5 Å². The van der Waals surface area contributed by atoms with Gasteiger partial charge in [0.05, 0.1) is 21.6 Å². The van der Waals surface area contributed by atoms with E-state index in [0.29, 0.717) is 5.52 Å². The summed E-state index contributed by atoms with van der Waals surface area (Å²) in [5.41, 5.74) is 0.378. The number of halogens is 1. The molecule has 14 heteroatoms. The van der Waals surface area contributed by atoms with Crippen LogP contribution in [0.25, 0.3) is 10.9 Å². The number of fused-ring (bicyclic) bond motifs is 1. The highest BCUT2D eigenvalue weighted by Gasteiger charge is 2.53. The molecule has 13 nitrogen and oxygen atoms in total. The van der Waals surface area contributed by atoms with Crippen molar-refractivity contribution in [3.8, 4) is 11.5 Å². The predicted molar refractivity (Wildman–Crippen MR) is 130 cm³/mol. The van der Waals surface area contributed by atoms with Crippen LogP contribution in [-0.4, -0.2) is 76.8 Å². The molecule has 38 heavy (non-hydrogen) atoms. The minimum atomic E-state index is -1.52. The summed E-state index contributed by atoms with van der Waals surface area (Å²) in [6.45, 7) is 5.35. The van der Waals surface area contributed by atoms with Gasteiger partial charge in [0.25, 0.3) is 0 Å². The number of phenolic OH excluding ortho intramolecular Hbond substituents is 1. The van der Waals surface area contributed by atoms with E-state index in [1.807, 2.05) is 0 Å². The van der Waals surface area contributed by atoms with Gasteiger partial charge in [-0.2, -0.15) is 0 Å². The van der Waals surface area contributed by atoms with Crippen molar-refractivity contribution in [3.63, 3.8) is 0 Å². The van der Waals surface area contributed by atoms with E-state index >= 15 is 0 Å². The lowest BCUT2D eigenvalue weighted by molar-refractivity contribution is -0.288. The molecule has 0 aliphatic carbocycles. The van der Waals surface area contributed by atoms with Gasteiger partial charge in [-0.1, -0.05) is 0 Å². The van der Waals surface area contributed by atoms with Crippen molar-refractivity contribution in [1.29, 1.82) is 0 Å². The van der Waals surface area contributed by atoms with Crippen molar-refractivity contribution in [2.45, 2.75) is 65.3 Å². The fraction of sp³-hybridized carbons (Fsp3) is 0.458. The number of hydrogen-bond donors (Lipinski definition) is 1. The Labute approximate surface area is 225 Å². The average Bonchev–Trinajstić information content (AvgIpc) is 3.17. The van der Waals surface area contributed by atoms with Crippen LogP contribution in [0.5, 0.6) is 11.5 Å². The van der Waals surface area contributed by atoms with Crippen LogP contribution < -0.4 is 4.74 Å². The van der Waals surface area contributed by atoms with Gasteiger partial charge < -0.3 is 33.5 Å². The van der Waals surface area contributed by atoms with E-state index < -0.39 is 61.2 Å². The topological polar surface area (TPSA) is 166 Å². The molecule has 0 radical (unpaired) electrons. The third-order valence-corrected chi connectivity index (χ3v) is 6.19. The first-order chi connectivity index (χ1) is 17.8. The number of aromatic nitrogens is 1. The first-order valence-electron chi connectivity index (χ1n) is 11.3. The molecule has 0 saturated carbocycles. The second-order valence-corrected chi connectivity index (χ2v) is 9.15. The molecule has 1 N–H and O–H groups in total. The molecule has 1 aromatic carbocycles. The van der Waals surface area contributed by atoms with Crippen molar-refractivity contribution >= 4 is 56.6 Å². The maximum atomic E-state index is 12.3. The number of phenols is 1. The van der Waals surface area contributed by atoms with Gasteiger partial charge in [0.1, 0.15) is 24.2 Å². The molecule has 1 aliphatic rings. The Morgan fingerprint density at radius 2 is 1.47 bits per heavy atom. The SMILES string of the molecule is CC(=O)OC[C@H]1O[C@@H](Oc2cn(C(C)=O)c3ccc(O)c(Br)c23)[C@H](OC(C)=O)[C@@H](OC(C)=O)[C@@H]1OC(C)=O. The number of nitrogens with zero attached hydrogens (tertiary/aromatic N) is 1.